The van der Waals surface area contributed by atoms with Gasteiger partial charge in [0.1, 0.15) is 5.82 Å². The average Bonchev–Trinajstić information content (AvgIpc) is 3.56. The molecule has 3 nitrogen and oxygen atoms in total. The Morgan fingerprint density at radius 2 is 1.12 bits per heavy atom. The van der Waals surface area contributed by atoms with Crippen molar-refractivity contribution in [3.8, 4) is 28.6 Å². The Morgan fingerprint density at radius 3 is 1.69 bits per heavy atom. The van der Waals surface area contributed by atoms with E-state index in [2.05, 4.69) is 112 Å². The van der Waals surface area contributed by atoms with Crippen molar-refractivity contribution in [2.75, 3.05) is 0 Å². The molecule has 2 aliphatic heterocycles. The van der Waals surface area contributed by atoms with Crippen molar-refractivity contribution < 1.29 is 4.39 Å². The zero-order valence-corrected chi connectivity index (χ0v) is 22.3. The molecule has 0 atom stereocenters. The van der Waals surface area contributed by atoms with Gasteiger partial charge in [0.2, 0.25) is 0 Å². The normalized spacial score (nSPS) is 12.8. The SMILES string of the molecule is N#Cc1cccc(F)c1-c1cc2c3c(c1)-n1c4ccccc4c4cccc(c41)B3c1cccc3c4ccccc4n-2c13. The summed E-state index contributed by atoms with van der Waals surface area (Å²) in [5.74, 6) is -0.393. The molecule has 192 valence electrons. The summed E-state index contributed by atoms with van der Waals surface area (Å²) >= 11 is 0. The van der Waals surface area contributed by atoms with Crippen molar-refractivity contribution >= 4 is 66.7 Å². The lowest BCUT2D eigenvalue weighted by atomic mass is 9.34. The zero-order chi connectivity index (χ0) is 27.7. The second-order valence-electron chi connectivity index (χ2n) is 11.3. The van der Waals surface area contributed by atoms with Crippen LogP contribution in [-0.4, -0.2) is 15.8 Å². The maximum absolute atomic E-state index is 15.6. The minimum atomic E-state index is -0.393. The molecule has 0 aliphatic carbocycles. The number of rotatable bonds is 1. The monoisotopic (exact) mass is 535 g/mol. The van der Waals surface area contributed by atoms with Crippen molar-refractivity contribution in [3.63, 3.8) is 0 Å². The van der Waals surface area contributed by atoms with E-state index in [-0.39, 0.29) is 6.71 Å². The lowest BCUT2D eigenvalue weighted by molar-refractivity contribution is 0.631. The largest absolute Gasteiger partial charge is 0.310 e. The molecule has 0 saturated carbocycles. The molecule has 0 bridgehead atoms. The number of nitrogens with zero attached hydrogens (tertiary/aromatic N) is 3. The van der Waals surface area contributed by atoms with Crippen molar-refractivity contribution in [3.05, 3.63) is 127 Å². The number of para-hydroxylation sites is 4. The van der Waals surface area contributed by atoms with Gasteiger partial charge in [0.15, 0.2) is 0 Å². The molecule has 0 saturated heterocycles. The minimum absolute atomic E-state index is 0.0149. The molecular formula is C37H19BFN3. The fourth-order valence-corrected chi connectivity index (χ4v) is 7.88. The third kappa shape index (κ3) is 2.48. The van der Waals surface area contributed by atoms with Gasteiger partial charge < -0.3 is 9.13 Å². The third-order valence-electron chi connectivity index (χ3n) is 9.40. The highest BCUT2D eigenvalue weighted by Gasteiger charge is 2.41. The summed E-state index contributed by atoms with van der Waals surface area (Å²) < 4.78 is 20.4. The van der Waals surface area contributed by atoms with Crippen molar-refractivity contribution in [1.29, 1.82) is 5.26 Å². The summed E-state index contributed by atoms with van der Waals surface area (Å²) in [7, 11) is 0. The highest BCUT2D eigenvalue weighted by atomic mass is 19.1. The number of hydrogen-bond donors (Lipinski definition) is 0. The van der Waals surface area contributed by atoms with Gasteiger partial charge in [-0.3, -0.25) is 0 Å². The Bertz CT molecular complexity index is 2420. The lowest BCUT2D eigenvalue weighted by Gasteiger charge is -2.34. The van der Waals surface area contributed by atoms with Gasteiger partial charge in [-0.05, 0) is 58.4 Å². The van der Waals surface area contributed by atoms with Gasteiger partial charge in [-0.1, -0.05) is 78.9 Å². The van der Waals surface area contributed by atoms with Crippen LogP contribution in [0.25, 0.3) is 66.1 Å². The molecule has 0 radical (unpaired) electrons. The van der Waals surface area contributed by atoms with Crippen molar-refractivity contribution in [1.82, 2.24) is 9.13 Å². The molecule has 10 rings (SSSR count). The first-order valence-corrected chi connectivity index (χ1v) is 14.2. The van der Waals surface area contributed by atoms with E-state index in [1.807, 2.05) is 0 Å². The fraction of sp³-hybridized carbons (Fsp3) is 0. The molecule has 6 aromatic carbocycles. The van der Waals surface area contributed by atoms with Gasteiger partial charge in [-0.2, -0.15) is 5.26 Å². The quantitative estimate of drug-likeness (QED) is 0.216. The first-order valence-electron chi connectivity index (χ1n) is 14.2. The number of aromatic nitrogens is 2. The van der Waals surface area contributed by atoms with Crippen LogP contribution in [0.15, 0.2) is 115 Å². The van der Waals surface area contributed by atoms with Crippen LogP contribution >= 0.6 is 0 Å². The second-order valence-corrected chi connectivity index (χ2v) is 11.3. The average molecular weight is 535 g/mol. The summed E-state index contributed by atoms with van der Waals surface area (Å²) in [6, 6.07) is 41.5. The zero-order valence-electron chi connectivity index (χ0n) is 22.3. The molecule has 2 aromatic heterocycles. The Morgan fingerprint density at radius 1 is 0.595 bits per heavy atom. The first kappa shape index (κ1) is 22.1. The Hall–Kier alpha value is -5.60. The molecule has 0 fully saturated rings. The summed E-state index contributed by atoms with van der Waals surface area (Å²) in [6.45, 7) is 0.0149. The maximum Gasteiger partial charge on any atom is 0.252 e. The second kappa shape index (κ2) is 7.57. The van der Waals surface area contributed by atoms with Gasteiger partial charge in [0.05, 0.1) is 22.7 Å². The number of nitriles is 1. The van der Waals surface area contributed by atoms with Crippen LogP contribution in [0, 0.1) is 17.1 Å². The van der Waals surface area contributed by atoms with E-state index >= 15 is 4.39 Å². The standard InChI is InChI=1S/C37H19BFN3/c39-29-15-5-8-21(20-40)34(29)22-18-32-35-33(19-22)42-31-17-4-2-10-24(31)26-12-7-14-28(37(26)42)38(35)27-13-6-11-25-23-9-1-3-16-30(23)41(32)36(25)27/h1-19H. The van der Waals surface area contributed by atoms with E-state index in [1.165, 1.54) is 55.0 Å². The predicted octanol–water partition coefficient (Wildman–Crippen LogP) is 6.70. The number of halogens is 1. The van der Waals surface area contributed by atoms with E-state index in [1.54, 1.807) is 12.1 Å². The molecular weight excluding hydrogens is 516 g/mol. The van der Waals surface area contributed by atoms with Crippen LogP contribution < -0.4 is 16.4 Å². The highest BCUT2D eigenvalue weighted by molar-refractivity contribution is 7.00. The number of benzene rings is 6. The fourth-order valence-electron chi connectivity index (χ4n) is 7.88. The van der Waals surface area contributed by atoms with Gasteiger partial charge in [0, 0.05) is 49.5 Å². The van der Waals surface area contributed by atoms with Crippen LogP contribution in [-0.2, 0) is 0 Å². The summed E-state index contributed by atoms with van der Waals surface area (Å²) in [4.78, 5) is 0. The Balaban J connectivity index is 1.49. The third-order valence-corrected chi connectivity index (χ3v) is 9.40. The van der Waals surface area contributed by atoms with Gasteiger partial charge in [0.25, 0.3) is 6.71 Å². The number of fused-ring (bicyclic) bond motifs is 10. The molecule has 0 N–H and O–H groups in total. The first-order chi connectivity index (χ1) is 20.7. The van der Waals surface area contributed by atoms with Gasteiger partial charge in [-0.25, -0.2) is 4.39 Å². The van der Waals surface area contributed by atoms with E-state index in [0.717, 1.165) is 22.4 Å². The van der Waals surface area contributed by atoms with E-state index < -0.39 is 5.82 Å². The lowest BCUT2D eigenvalue weighted by Crippen LogP contribution is -2.59. The van der Waals surface area contributed by atoms with Crippen LogP contribution in [0.2, 0.25) is 0 Å². The molecule has 42 heavy (non-hydrogen) atoms. The van der Waals surface area contributed by atoms with Gasteiger partial charge in [-0.15, -0.1) is 0 Å². The molecule has 0 unspecified atom stereocenters. The molecule has 4 heterocycles. The molecule has 5 heteroatoms. The summed E-state index contributed by atoms with van der Waals surface area (Å²) in [5, 5.41) is 14.8. The van der Waals surface area contributed by atoms with Crippen LogP contribution in [0.4, 0.5) is 4.39 Å². The van der Waals surface area contributed by atoms with Crippen LogP contribution in [0.5, 0.6) is 0 Å². The topological polar surface area (TPSA) is 33.6 Å². The summed E-state index contributed by atoms with van der Waals surface area (Å²) in [5.41, 5.74) is 11.8. The molecule has 2 aliphatic rings. The van der Waals surface area contributed by atoms with Gasteiger partial charge >= 0.3 is 0 Å². The van der Waals surface area contributed by atoms with E-state index in [0.29, 0.717) is 16.7 Å². The Kier molecular flexibility index (Phi) is 3.99. The van der Waals surface area contributed by atoms with Crippen LogP contribution in [0.3, 0.4) is 0 Å². The Labute approximate surface area is 240 Å². The van der Waals surface area contributed by atoms with E-state index in [4.69, 9.17) is 0 Å². The smallest absolute Gasteiger partial charge is 0.252 e. The predicted molar refractivity (Wildman–Crippen MR) is 170 cm³/mol. The molecule has 8 aromatic rings. The number of hydrogen-bond acceptors (Lipinski definition) is 1. The minimum Gasteiger partial charge on any atom is -0.310 e. The highest BCUT2D eigenvalue weighted by Crippen LogP contribution is 2.41. The van der Waals surface area contributed by atoms with Crippen molar-refractivity contribution in [2.24, 2.45) is 0 Å². The maximum atomic E-state index is 15.6. The van der Waals surface area contributed by atoms with Crippen LogP contribution in [0.1, 0.15) is 5.56 Å². The van der Waals surface area contributed by atoms with Crippen molar-refractivity contribution in [2.45, 2.75) is 0 Å². The molecule has 0 amide bonds. The van der Waals surface area contributed by atoms with E-state index in [9.17, 15) is 5.26 Å². The summed E-state index contributed by atoms with van der Waals surface area (Å²) in [6.07, 6.45) is 0. The molecule has 0 spiro atoms.